The summed E-state index contributed by atoms with van der Waals surface area (Å²) in [6.45, 7) is 3.74. The fourth-order valence-electron chi connectivity index (χ4n) is 2.35. The van der Waals surface area contributed by atoms with E-state index in [4.69, 9.17) is 0 Å². The van der Waals surface area contributed by atoms with Crippen molar-refractivity contribution in [2.45, 2.75) is 24.6 Å². The van der Waals surface area contributed by atoms with Gasteiger partial charge in [0.1, 0.15) is 5.82 Å². The van der Waals surface area contributed by atoms with E-state index in [2.05, 4.69) is 4.98 Å². The first-order valence-corrected chi connectivity index (χ1v) is 8.56. The third kappa shape index (κ3) is 3.41. The van der Waals surface area contributed by atoms with Crippen LogP contribution in [0.2, 0.25) is 0 Å². The van der Waals surface area contributed by atoms with Gasteiger partial charge >= 0.3 is 0 Å². The molecule has 24 heavy (non-hydrogen) atoms. The van der Waals surface area contributed by atoms with Crippen LogP contribution in [0.5, 0.6) is 0 Å². The first-order chi connectivity index (χ1) is 11.6. The Hall–Kier alpha value is -2.40. The molecule has 0 aliphatic heterocycles. The highest BCUT2D eigenvalue weighted by atomic mass is 32.2. The number of hydrogen-bond acceptors (Lipinski definition) is 3. The Kier molecular flexibility index (Phi) is 4.81. The molecule has 0 spiro atoms. The lowest BCUT2D eigenvalue weighted by Gasteiger charge is -2.09. The number of rotatable bonds is 4. The van der Waals surface area contributed by atoms with Crippen molar-refractivity contribution in [3.8, 4) is 5.69 Å². The smallest absolute Gasteiger partial charge is 0.280 e. The van der Waals surface area contributed by atoms with E-state index in [1.807, 2.05) is 31.2 Å². The van der Waals surface area contributed by atoms with Crippen LogP contribution in [0.1, 0.15) is 16.7 Å². The largest absolute Gasteiger partial charge is 0.287 e. The highest BCUT2D eigenvalue weighted by Gasteiger charge is 2.09. The topological polar surface area (TPSA) is 34.9 Å². The van der Waals surface area contributed by atoms with Crippen molar-refractivity contribution in [3.05, 3.63) is 87.7 Å². The number of hydrogen-bond donors (Lipinski definition) is 0. The molecule has 0 amide bonds. The fourth-order valence-corrected chi connectivity index (χ4v) is 3.32. The summed E-state index contributed by atoms with van der Waals surface area (Å²) >= 11 is 1.39. The molecule has 0 bridgehead atoms. The minimum absolute atomic E-state index is 0.237. The van der Waals surface area contributed by atoms with Gasteiger partial charge in [0.05, 0.1) is 5.69 Å². The Balaban J connectivity index is 1.90. The molecule has 0 atom stereocenters. The van der Waals surface area contributed by atoms with Gasteiger partial charge in [0.2, 0.25) is 0 Å². The summed E-state index contributed by atoms with van der Waals surface area (Å²) in [5.74, 6) is 0.339. The monoisotopic (exact) mass is 340 g/mol. The van der Waals surface area contributed by atoms with Gasteiger partial charge in [0.15, 0.2) is 5.03 Å². The number of benzene rings is 2. The molecule has 3 aromatic rings. The van der Waals surface area contributed by atoms with E-state index in [-0.39, 0.29) is 11.4 Å². The van der Waals surface area contributed by atoms with E-state index in [1.165, 1.54) is 33.5 Å². The average Bonchev–Trinajstić information content (AvgIpc) is 2.58. The number of aryl methyl sites for hydroxylation is 2. The Bertz CT molecular complexity index is 937. The van der Waals surface area contributed by atoms with Gasteiger partial charge in [-0.3, -0.25) is 9.36 Å². The zero-order valence-corrected chi connectivity index (χ0v) is 14.3. The van der Waals surface area contributed by atoms with E-state index < -0.39 is 0 Å². The van der Waals surface area contributed by atoms with Gasteiger partial charge in [-0.25, -0.2) is 9.37 Å². The Morgan fingerprint density at radius 1 is 1.12 bits per heavy atom. The maximum atomic E-state index is 13.8. The first-order valence-electron chi connectivity index (χ1n) is 7.58. The second kappa shape index (κ2) is 7.01. The van der Waals surface area contributed by atoms with Crippen molar-refractivity contribution in [1.82, 2.24) is 9.55 Å². The molecule has 122 valence electrons. The molecule has 0 saturated carbocycles. The van der Waals surface area contributed by atoms with Crippen LogP contribution in [-0.4, -0.2) is 9.55 Å². The fraction of sp³-hybridized carbons (Fsp3) is 0.158. The van der Waals surface area contributed by atoms with Crippen LogP contribution in [0.4, 0.5) is 4.39 Å². The van der Waals surface area contributed by atoms with E-state index in [1.54, 1.807) is 31.5 Å². The van der Waals surface area contributed by atoms with Crippen LogP contribution in [0.25, 0.3) is 5.69 Å². The van der Waals surface area contributed by atoms with Crippen molar-refractivity contribution in [1.29, 1.82) is 0 Å². The second-order valence-corrected chi connectivity index (χ2v) is 6.52. The molecule has 2 aromatic carbocycles. The molecule has 3 nitrogen and oxygen atoms in total. The molecule has 5 heteroatoms. The predicted molar refractivity (Wildman–Crippen MR) is 95.3 cm³/mol. The van der Waals surface area contributed by atoms with Crippen LogP contribution in [0.15, 0.2) is 64.7 Å². The molecule has 1 heterocycles. The van der Waals surface area contributed by atoms with Crippen molar-refractivity contribution in [3.63, 3.8) is 0 Å². The molecule has 0 fully saturated rings. The molecule has 3 rings (SSSR count). The molecule has 0 aliphatic carbocycles. The van der Waals surface area contributed by atoms with Crippen LogP contribution in [0.3, 0.4) is 0 Å². The summed E-state index contributed by atoms with van der Waals surface area (Å²) in [7, 11) is 0. The van der Waals surface area contributed by atoms with Crippen LogP contribution in [0, 0.1) is 19.7 Å². The lowest BCUT2D eigenvalue weighted by Crippen LogP contribution is -2.20. The van der Waals surface area contributed by atoms with E-state index in [0.717, 1.165) is 0 Å². The molecule has 0 unspecified atom stereocenters. The van der Waals surface area contributed by atoms with Gasteiger partial charge in [-0.1, -0.05) is 42.1 Å². The summed E-state index contributed by atoms with van der Waals surface area (Å²) in [6.07, 6.45) is 3.13. The highest BCUT2D eigenvalue weighted by molar-refractivity contribution is 7.98. The van der Waals surface area contributed by atoms with Crippen molar-refractivity contribution < 1.29 is 4.39 Å². The maximum absolute atomic E-state index is 13.8. The Morgan fingerprint density at radius 2 is 1.92 bits per heavy atom. The van der Waals surface area contributed by atoms with Gasteiger partial charge in [-0.15, -0.1) is 0 Å². The summed E-state index contributed by atoms with van der Waals surface area (Å²) < 4.78 is 15.2. The second-order valence-electron chi connectivity index (χ2n) is 5.56. The normalized spacial score (nSPS) is 10.8. The van der Waals surface area contributed by atoms with Crippen LogP contribution in [-0.2, 0) is 5.75 Å². The third-order valence-electron chi connectivity index (χ3n) is 3.87. The summed E-state index contributed by atoms with van der Waals surface area (Å²) in [5, 5.41) is 0.404. The van der Waals surface area contributed by atoms with Crippen molar-refractivity contribution in [2.75, 3.05) is 0 Å². The highest BCUT2D eigenvalue weighted by Crippen LogP contribution is 2.20. The number of nitrogens with zero attached hydrogens (tertiary/aromatic N) is 2. The van der Waals surface area contributed by atoms with Crippen LogP contribution < -0.4 is 5.56 Å². The van der Waals surface area contributed by atoms with Crippen molar-refractivity contribution in [2.24, 2.45) is 0 Å². The summed E-state index contributed by atoms with van der Waals surface area (Å²) in [5.41, 5.74) is 3.17. The molecule has 1 aromatic heterocycles. The zero-order valence-electron chi connectivity index (χ0n) is 13.5. The minimum Gasteiger partial charge on any atom is -0.280 e. The standard InChI is InChI=1S/C19H17FN2OS/c1-13-5-3-4-6-15(13)12-24-18-19(23)22(10-9-21-18)16-8-7-14(2)17(20)11-16/h3-11H,12H2,1-2H3. The molecule has 0 aliphatic rings. The summed E-state index contributed by atoms with van der Waals surface area (Å²) in [6, 6.07) is 12.8. The first kappa shape index (κ1) is 16.5. The third-order valence-corrected chi connectivity index (χ3v) is 4.88. The van der Waals surface area contributed by atoms with Crippen LogP contribution >= 0.6 is 11.8 Å². The molecule has 0 radical (unpaired) electrons. The van der Waals surface area contributed by atoms with Crippen molar-refractivity contribution >= 4 is 11.8 Å². The van der Waals surface area contributed by atoms with Gasteiger partial charge in [-0.2, -0.15) is 0 Å². The molecular formula is C19H17FN2OS. The summed E-state index contributed by atoms with van der Waals surface area (Å²) in [4.78, 5) is 16.8. The lowest BCUT2D eigenvalue weighted by molar-refractivity contribution is 0.616. The van der Waals surface area contributed by atoms with E-state index >= 15 is 0 Å². The Morgan fingerprint density at radius 3 is 2.67 bits per heavy atom. The zero-order chi connectivity index (χ0) is 17.1. The average molecular weight is 340 g/mol. The molecule has 0 N–H and O–H groups in total. The minimum atomic E-state index is -0.328. The van der Waals surface area contributed by atoms with Gasteiger partial charge in [0, 0.05) is 18.1 Å². The lowest BCUT2D eigenvalue weighted by atomic mass is 10.1. The van der Waals surface area contributed by atoms with Gasteiger partial charge in [0.25, 0.3) is 5.56 Å². The Labute approximate surface area is 144 Å². The van der Waals surface area contributed by atoms with E-state index in [9.17, 15) is 9.18 Å². The molecule has 0 saturated heterocycles. The molecular weight excluding hydrogens is 323 g/mol. The number of aromatic nitrogens is 2. The van der Waals surface area contributed by atoms with Gasteiger partial charge < -0.3 is 0 Å². The quantitative estimate of drug-likeness (QED) is 0.665. The SMILES string of the molecule is Cc1ccc(-n2ccnc(SCc3ccccc3C)c2=O)cc1F. The number of halogens is 1. The van der Waals surface area contributed by atoms with Gasteiger partial charge in [-0.05, 0) is 42.7 Å². The number of thioether (sulfide) groups is 1. The van der Waals surface area contributed by atoms with E-state index in [0.29, 0.717) is 22.0 Å². The maximum Gasteiger partial charge on any atom is 0.287 e. The predicted octanol–water partition coefficient (Wildman–Crippen LogP) is 4.28.